The molecule has 5 nitrogen and oxygen atoms in total. The molecule has 1 aromatic heterocycles. The van der Waals surface area contributed by atoms with Crippen molar-refractivity contribution in [2.75, 3.05) is 7.11 Å². The minimum absolute atomic E-state index is 0.369. The molecule has 0 saturated carbocycles. The highest BCUT2D eigenvalue weighted by Gasteiger charge is 2.20. The molecule has 2 aromatic rings. The molecule has 0 aliphatic rings. The summed E-state index contributed by atoms with van der Waals surface area (Å²) in [6.07, 6.45) is 4.74. The molecule has 22 heavy (non-hydrogen) atoms. The molecular weight excluding hydrogens is 282 g/mol. The lowest BCUT2D eigenvalue weighted by Gasteiger charge is -2.15. The van der Waals surface area contributed by atoms with Gasteiger partial charge in [0.25, 0.3) is 0 Å². The van der Waals surface area contributed by atoms with Crippen LogP contribution in [0.4, 0.5) is 0 Å². The first-order valence-corrected chi connectivity index (χ1v) is 6.83. The smallest absolute Gasteiger partial charge is 0.328 e. The molecule has 1 aromatic carbocycles. The van der Waals surface area contributed by atoms with Crippen molar-refractivity contribution < 1.29 is 18.7 Å². The van der Waals surface area contributed by atoms with Crippen LogP contribution in [0, 0.1) is 0 Å². The van der Waals surface area contributed by atoms with Crippen LogP contribution in [0.2, 0.25) is 0 Å². The van der Waals surface area contributed by atoms with Crippen molar-refractivity contribution in [3.63, 3.8) is 0 Å². The van der Waals surface area contributed by atoms with Gasteiger partial charge in [-0.25, -0.2) is 4.79 Å². The maximum Gasteiger partial charge on any atom is 0.328 e. The van der Waals surface area contributed by atoms with Crippen LogP contribution < -0.4 is 5.32 Å². The third kappa shape index (κ3) is 4.63. The Kier molecular flexibility index (Phi) is 5.54. The molecule has 0 spiro atoms. The van der Waals surface area contributed by atoms with Gasteiger partial charge in [0.05, 0.1) is 13.4 Å². The highest BCUT2D eigenvalue weighted by molar-refractivity contribution is 5.94. The standard InChI is InChI=1S/C17H17NO4/c1-21-17(20)15(12-13-6-3-2-4-7-13)18-16(19)10-9-14-8-5-11-22-14/h2-11,15H,12H2,1H3,(H,18,19)/b10-9-/t15-/m0/s1. The van der Waals surface area contributed by atoms with Gasteiger partial charge in [-0.2, -0.15) is 0 Å². The molecule has 114 valence electrons. The van der Waals surface area contributed by atoms with E-state index in [0.29, 0.717) is 12.2 Å². The fourth-order valence-corrected chi connectivity index (χ4v) is 1.95. The summed E-state index contributed by atoms with van der Waals surface area (Å²) in [5, 5.41) is 2.64. The number of hydrogen-bond acceptors (Lipinski definition) is 4. The number of carbonyl (C=O) groups is 2. The molecule has 2 rings (SSSR count). The van der Waals surface area contributed by atoms with Crippen LogP contribution >= 0.6 is 0 Å². The predicted molar refractivity (Wildman–Crippen MR) is 81.8 cm³/mol. The van der Waals surface area contributed by atoms with Gasteiger partial charge in [-0.05, 0) is 23.8 Å². The van der Waals surface area contributed by atoms with E-state index in [4.69, 9.17) is 9.15 Å². The van der Waals surface area contributed by atoms with Crippen LogP contribution in [0.1, 0.15) is 11.3 Å². The van der Waals surface area contributed by atoms with E-state index in [0.717, 1.165) is 5.56 Å². The Balaban J connectivity index is 2.00. The Morgan fingerprint density at radius 3 is 2.64 bits per heavy atom. The van der Waals surface area contributed by atoms with Crippen molar-refractivity contribution >= 4 is 18.0 Å². The Bertz CT molecular complexity index is 632. The fourth-order valence-electron chi connectivity index (χ4n) is 1.95. The zero-order valence-corrected chi connectivity index (χ0v) is 12.2. The molecule has 5 heteroatoms. The molecule has 0 radical (unpaired) electrons. The number of ether oxygens (including phenoxy) is 1. The summed E-state index contributed by atoms with van der Waals surface area (Å²) in [5.74, 6) is -0.306. The first-order valence-electron chi connectivity index (χ1n) is 6.83. The van der Waals surface area contributed by atoms with Gasteiger partial charge in [0.1, 0.15) is 11.8 Å². The summed E-state index contributed by atoms with van der Waals surface area (Å²) in [4.78, 5) is 23.7. The SMILES string of the molecule is COC(=O)[C@H](Cc1ccccc1)NC(=O)/C=C\c1ccco1. The summed E-state index contributed by atoms with van der Waals surface area (Å²) in [6.45, 7) is 0. The van der Waals surface area contributed by atoms with E-state index in [1.54, 1.807) is 12.1 Å². The molecule has 1 atom stereocenters. The van der Waals surface area contributed by atoms with Crippen LogP contribution in [-0.4, -0.2) is 25.0 Å². The second kappa shape index (κ2) is 7.83. The number of hydrogen-bond donors (Lipinski definition) is 1. The number of carbonyl (C=O) groups excluding carboxylic acids is 2. The van der Waals surface area contributed by atoms with E-state index in [2.05, 4.69) is 5.32 Å². The van der Waals surface area contributed by atoms with E-state index in [1.165, 1.54) is 25.5 Å². The van der Waals surface area contributed by atoms with Crippen molar-refractivity contribution in [3.05, 3.63) is 66.1 Å². The number of furan rings is 1. The van der Waals surface area contributed by atoms with Gasteiger partial charge in [0.15, 0.2) is 0 Å². The summed E-state index contributed by atoms with van der Waals surface area (Å²) in [6, 6.07) is 12.1. The summed E-state index contributed by atoms with van der Waals surface area (Å²) < 4.78 is 9.83. The van der Waals surface area contributed by atoms with Crippen molar-refractivity contribution in [2.45, 2.75) is 12.5 Å². The zero-order chi connectivity index (χ0) is 15.8. The molecule has 0 bridgehead atoms. The van der Waals surface area contributed by atoms with Crippen molar-refractivity contribution in [2.24, 2.45) is 0 Å². The van der Waals surface area contributed by atoms with Crippen LogP contribution in [0.5, 0.6) is 0 Å². The predicted octanol–water partition coefficient (Wildman–Crippen LogP) is 2.19. The molecule has 1 heterocycles. The zero-order valence-electron chi connectivity index (χ0n) is 12.2. The lowest BCUT2D eigenvalue weighted by molar-refractivity contribution is -0.144. The van der Waals surface area contributed by atoms with Crippen LogP contribution in [-0.2, 0) is 20.7 Å². The number of esters is 1. The number of amides is 1. The lowest BCUT2D eigenvalue weighted by Crippen LogP contribution is -2.42. The molecule has 1 amide bonds. The van der Waals surface area contributed by atoms with Crippen LogP contribution in [0.3, 0.4) is 0 Å². The Morgan fingerprint density at radius 1 is 1.23 bits per heavy atom. The number of methoxy groups -OCH3 is 1. The van der Waals surface area contributed by atoms with Crippen LogP contribution in [0.25, 0.3) is 6.08 Å². The van der Waals surface area contributed by atoms with E-state index < -0.39 is 12.0 Å². The Hall–Kier alpha value is -2.82. The number of benzene rings is 1. The molecule has 0 aliphatic heterocycles. The molecule has 0 saturated heterocycles. The van der Waals surface area contributed by atoms with Crippen molar-refractivity contribution in [1.82, 2.24) is 5.32 Å². The van der Waals surface area contributed by atoms with E-state index in [9.17, 15) is 9.59 Å². The third-order valence-electron chi connectivity index (χ3n) is 3.03. The average molecular weight is 299 g/mol. The summed E-state index contributed by atoms with van der Waals surface area (Å²) in [7, 11) is 1.30. The highest BCUT2D eigenvalue weighted by Crippen LogP contribution is 2.05. The van der Waals surface area contributed by atoms with Gasteiger partial charge in [-0.1, -0.05) is 30.3 Å². The fraction of sp³-hybridized carbons (Fsp3) is 0.176. The largest absolute Gasteiger partial charge is 0.467 e. The van der Waals surface area contributed by atoms with Gasteiger partial charge in [-0.15, -0.1) is 0 Å². The quantitative estimate of drug-likeness (QED) is 0.656. The first-order chi connectivity index (χ1) is 10.7. The van der Waals surface area contributed by atoms with Gasteiger partial charge < -0.3 is 14.5 Å². The maximum absolute atomic E-state index is 11.9. The monoisotopic (exact) mass is 299 g/mol. The molecule has 0 fully saturated rings. The Morgan fingerprint density at radius 2 is 2.00 bits per heavy atom. The molecule has 1 N–H and O–H groups in total. The Labute approximate surface area is 128 Å². The van der Waals surface area contributed by atoms with Gasteiger partial charge >= 0.3 is 5.97 Å². The van der Waals surface area contributed by atoms with E-state index in [1.807, 2.05) is 30.3 Å². The highest BCUT2D eigenvalue weighted by atomic mass is 16.5. The first kappa shape index (κ1) is 15.6. The minimum atomic E-state index is -0.735. The number of nitrogens with one attached hydrogen (secondary N) is 1. The third-order valence-corrected chi connectivity index (χ3v) is 3.03. The average Bonchev–Trinajstić information content (AvgIpc) is 3.06. The minimum Gasteiger partial charge on any atom is -0.467 e. The van der Waals surface area contributed by atoms with E-state index in [-0.39, 0.29) is 5.91 Å². The van der Waals surface area contributed by atoms with Crippen molar-refractivity contribution in [1.29, 1.82) is 0 Å². The lowest BCUT2D eigenvalue weighted by atomic mass is 10.1. The van der Waals surface area contributed by atoms with Crippen LogP contribution in [0.15, 0.2) is 59.2 Å². The van der Waals surface area contributed by atoms with E-state index >= 15 is 0 Å². The van der Waals surface area contributed by atoms with Gasteiger partial charge in [0, 0.05) is 12.5 Å². The van der Waals surface area contributed by atoms with Gasteiger partial charge in [-0.3, -0.25) is 4.79 Å². The summed E-state index contributed by atoms with van der Waals surface area (Å²) in [5.41, 5.74) is 0.938. The molecular formula is C17H17NO4. The second-order valence-corrected chi connectivity index (χ2v) is 4.62. The molecule has 0 unspecified atom stereocenters. The van der Waals surface area contributed by atoms with Gasteiger partial charge in [0.2, 0.25) is 5.91 Å². The number of rotatable bonds is 6. The maximum atomic E-state index is 11.9. The summed E-state index contributed by atoms with van der Waals surface area (Å²) >= 11 is 0. The van der Waals surface area contributed by atoms with Crippen molar-refractivity contribution in [3.8, 4) is 0 Å². The molecule has 0 aliphatic carbocycles. The second-order valence-electron chi connectivity index (χ2n) is 4.62. The topological polar surface area (TPSA) is 68.5 Å². The normalized spacial score (nSPS) is 12.0.